The van der Waals surface area contributed by atoms with Gasteiger partial charge >= 0.3 is 0 Å². The average Bonchev–Trinajstić information content (AvgIpc) is 2.38. The van der Waals surface area contributed by atoms with Gasteiger partial charge in [-0.1, -0.05) is 6.42 Å². The number of aryl methyl sites for hydroxylation is 1. The van der Waals surface area contributed by atoms with Crippen LogP contribution in [0.3, 0.4) is 0 Å². The highest BCUT2D eigenvalue weighted by atomic mass is 16.3. The summed E-state index contributed by atoms with van der Waals surface area (Å²) in [5, 5.41) is 23.5. The van der Waals surface area contributed by atoms with Gasteiger partial charge in [0.05, 0.1) is 5.60 Å². The van der Waals surface area contributed by atoms with Crippen molar-refractivity contribution >= 4 is 0 Å². The maximum absolute atomic E-state index is 11.0. The van der Waals surface area contributed by atoms with Crippen LogP contribution in [0.2, 0.25) is 0 Å². The van der Waals surface area contributed by atoms with Gasteiger partial charge in [0.1, 0.15) is 11.8 Å². The average molecular weight is 257 g/mol. The zero-order valence-electron chi connectivity index (χ0n) is 11.2. The van der Waals surface area contributed by atoms with E-state index in [1.165, 1.54) is 6.42 Å². The van der Waals surface area contributed by atoms with E-state index < -0.39 is 5.60 Å². The van der Waals surface area contributed by atoms with Crippen molar-refractivity contribution in [1.29, 1.82) is 5.26 Å². The monoisotopic (exact) mass is 257 g/mol. The topological polar surface area (TPSA) is 68.9 Å². The van der Waals surface area contributed by atoms with E-state index >= 15 is 0 Å². The third-order valence-corrected chi connectivity index (χ3v) is 4.47. The number of hydrogen-bond acceptors (Lipinski definition) is 4. The molecule has 2 N–H and O–H groups in total. The van der Waals surface area contributed by atoms with Crippen molar-refractivity contribution < 1.29 is 5.11 Å². The Labute approximate surface area is 113 Å². The first kappa shape index (κ1) is 12.6. The summed E-state index contributed by atoms with van der Waals surface area (Å²) in [4.78, 5) is 4.17. The molecule has 19 heavy (non-hydrogen) atoms. The Morgan fingerprint density at radius 3 is 2.68 bits per heavy atom. The summed E-state index contributed by atoms with van der Waals surface area (Å²) in [6, 6.07) is 4.82. The summed E-state index contributed by atoms with van der Waals surface area (Å²) < 4.78 is 0. The van der Waals surface area contributed by atoms with Crippen LogP contribution < -0.4 is 5.32 Å². The van der Waals surface area contributed by atoms with Gasteiger partial charge in [-0.25, -0.2) is 4.98 Å². The minimum atomic E-state index is -0.785. The summed E-state index contributed by atoms with van der Waals surface area (Å²) in [6.07, 6.45) is 6.70. The molecule has 2 aliphatic heterocycles. The molecule has 2 atom stereocenters. The molecule has 0 radical (unpaired) electrons. The Hall–Kier alpha value is -1.44. The zero-order valence-corrected chi connectivity index (χ0v) is 11.2. The predicted octanol–water partition coefficient (Wildman–Crippen LogP) is 1.75. The van der Waals surface area contributed by atoms with Crippen LogP contribution in [0.1, 0.15) is 48.9 Å². The van der Waals surface area contributed by atoms with E-state index in [9.17, 15) is 5.11 Å². The molecule has 4 nitrogen and oxygen atoms in total. The lowest BCUT2D eigenvalue weighted by Crippen LogP contribution is -2.54. The van der Waals surface area contributed by atoms with Gasteiger partial charge in [0.25, 0.3) is 0 Å². The third kappa shape index (κ3) is 2.24. The number of aromatic nitrogens is 1. The normalized spacial score (nSPS) is 33.7. The molecule has 0 spiro atoms. The fourth-order valence-corrected chi connectivity index (χ4v) is 3.51. The van der Waals surface area contributed by atoms with Gasteiger partial charge in [-0.3, -0.25) is 0 Å². The quantitative estimate of drug-likeness (QED) is 0.804. The molecule has 0 saturated carbocycles. The molecule has 2 fully saturated rings. The van der Waals surface area contributed by atoms with Crippen molar-refractivity contribution in [3.63, 3.8) is 0 Å². The van der Waals surface area contributed by atoms with E-state index in [2.05, 4.69) is 16.4 Å². The first-order chi connectivity index (χ1) is 9.10. The van der Waals surface area contributed by atoms with Gasteiger partial charge in [0, 0.05) is 23.8 Å². The number of rotatable bonds is 1. The van der Waals surface area contributed by atoms with Gasteiger partial charge in [-0.05, 0) is 44.2 Å². The number of pyridine rings is 1. The Morgan fingerprint density at radius 1 is 1.42 bits per heavy atom. The maximum Gasteiger partial charge on any atom is 0.143 e. The van der Waals surface area contributed by atoms with Crippen LogP contribution in [0.15, 0.2) is 12.3 Å². The molecule has 1 aromatic heterocycles. The summed E-state index contributed by atoms with van der Waals surface area (Å²) in [6.45, 7) is 1.88. The second-order valence-electron chi connectivity index (χ2n) is 5.93. The number of nitrogens with zero attached hydrogens (tertiary/aromatic N) is 2. The lowest BCUT2D eigenvalue weighted by atomic mass is 9.74. The highest BCUT2D eigenvalue weighted by molar-refractivity contribution is 5.35. The SMILES string of the molecule is Cc1cc(C2(O)CC3CCCC(C2)N3)cnc1C#N. The van der Waals surface area contributed by atoms with Gasteiger partial charge in [-0.2, -0.15) is 5.26 Å². The first-order valence-corrected chi connectivity index (χ1v) is 6.96. The molecule has 4 heteroatoms. The van der Waals surface area contributed by atoms with E-state index in [4.69, 9.17) is 5.26 Å². The molecule has 3 rings (SSSR count). The van der Waals surface area contributed by atoms with E-state index in [1.807, 2.05) is 13.0 Å². The van der Waals surface area contributed by atoms with E-state index in [0.717, 1.165) is 36.8 Å². The van der Waals surface area contributed by atoms with Crippen LogP contribution in [-0.4, -0.2) is 22.2 Å². The van der Waals surface area contributed by atoms with Crippen LogP contribution in [-0.2, 0) is 5.60 Å². The maximum atomic E-state index is 11.0. The fourth-order valence-electron chi connectivity index (χ4n) is 3.51. The van der Waals surface area contributed by atoms with Crippen molar-refractivity contribution in [3.05, 3.63) is 29.1 Å². The zero-order chi connectivity index (χ0) is 13.5. The lowest BCUT2D eigenvalue weighted by Gasteiger charge is -2.45. The second kappa shape index (κ2) is 4.59. The van der Waals surface area contributed by atoms with E-state index in [1.54, 1.807) is 6.20 Å². The van der Waals surface area contributed by atoms with Gasteiger partial charge < -0.3 is 10.4 Å². The molecule has 100 valence electrons. The molecular formula is C15H19N3O. The van der Waals surface area contributed by atoms with Crippen molar-refractivity contribution in [3.8, 4) is 6.07 Å². The van der Waals surface area contributed by atoms with Crippen LogP contribution in [0.4, 0.5) is 0 Å². The summed E-state index contributed by atoms with van der Waals surface area (Å²) >= 11 is 0. The number of fused-ring (bicyclic) bond motifs is 2. The molecule has 0 amide bonds. The Bertz CT molecular complexity index is 523. The van der Waals surface area contributed by atoms with Crippen LogP contribution in [0.25, 0.3) is 0 Å². The number of piperidine rings is 2. The van der Waals surface area contributed by atoms with E-state index in [-0.39, 0.29) is 0 Å². The molecule has 0 aliphatic carbocycles. The molecule has 0 aromatic carbocycles. The molecule has 2 bridgehead atoms. The number of nitrogens with one attached hydrogen (secondary N) is 1. The molecule has 2 aliphatic rings. The van der Waals surface area contributed by atoms with Crippen LogP contribution in [0.5, 0.6) is 0 Å². The summed E-state index contributed by atoms with van der Waals surface area (Å²) in [5.41, 5.74) is 1.37. The first-order valence-electron chi connectivity index (χ1n) is 6.96. The smallest absolute Gasteiger partial charge is 0.143 e. The Balaban J connectivity index is 1.92. The standard InChI is InChI=1S/C15H19N3O/c1-10-5-11(9-17-14(10)8-16)15(19)6-12-3-2-4-13(7-15)18-12/h5,9,12-13,18-19H,2-4,6-7H2,1H3. The highest BCUT2D eigenvalue weighted by Crippen LogP contribution is 2.39. The molecular weight excluding hydrogens is 238 g/mol. The second-order valence-corrected chi connectivity index (χ2v) is 5.93. The van der Waals surface area contributed by atoms with Gasteiger partial charge in [-0.15, -0.1) is 0 Å². The van der Waals surface area contributed by atoms with Crippen molar-refractivity contribution in [2.24, 2.45) is 0 Å². The van der Waals surface area contributed by atoms with Crippen molar-refractivity contribution in [2.45, 2.75) is 56.7 Å². The predicted molar refractivity (Wildman–Crippen MR) is 71.4 cm³/mol. The highest BCUT2D eigenvalue weighted by Gasteiger charge is 2.42. The number of nitriles is 1. The van der Waals surface area contributed by atoms with Crippen LogP contribution in [0, 0.1) is 18.3 Å². The Morgan fingerprint density at radius 2 is 2.11 bits per heavy atom. The molecule has 2 saturated heterocycles. The molecule has 2 unspecified atom stereocenters. The number of hydrogen-bond donors (Lipinski definition) is 2. The van der Waals surface area contributed by atoms with Crippen LogP contribution >= 0.6 is 0 Å². The van der Waals surface area contributed by atoms with Crippen molar-refractivity contribution in [1.82, 2.24) is 10.3 Å². The van der Waals surface area contributed by atoms with Crippen molar-refractivity contribution in [2.75, 3.05) is 0 Å². The minimum absolute atomic E-state index is 0.411. The Kier molecular flexibility index (Phi) is 3.04. The number of aliphatic hydroxyl groups is 1. The fraction of sp³-hybridized carbons (Fsp3) is 0.600. The van der Waals surface area contributed by atoms with Gasteiger partial charge in [0.15, 0.2) is 0 Å². The van der Waals surface area contributed by atoms with Gasteiger partial charge in [0.2, 0.25) is 0 Å². The molecule has 3 heterocycles. The lowest BCUT2D eigenvalue weighted by molar-refractivity contribution is -0.0361. The minimum Gasteiger partial charge on any atom is -0.385 e. The third-order valence-electron chi connectivity index (χ3n) is 4.47. The molecule has 1 aromatic rings. The summed E-state index contributed by atoms with van der Waals surface area (Å²) in [5.74, 6) is 0. The van der Waals surface area contributed by atoms with E-state index in [0.29, 0.717) is 17.8 Å². The summed E-state index contributed by atoms with van der Waals surface area (Å²) in [7, 11) is 0. The largest absolute Gasteiger partial charge is 0.385 e.